The second-order valence-corrected chi connectivity index (χ2v) is 2.98. The molecule has 0 saturated carbocycles. The minimum absolute atomic E-state index is 0.117. The van der Waals surface area contributed by atoms with Crippen LogP contribution in [0, 0.1) is 5.82 Å². The molecule has 0 unspecified atom stereocenters. The van der Waals surface area contributed by atoms with Crippen LogP contribution in [0.1, 0.15) is 5.56 Å². The number of carbonyl (C=O) groups excluding carboxylic acids is 1. The third kappa shape index (κ3) is 2.47. The number of aromatic hydroxyl groups is 1. The molecule has 0 bridgehead atoms. The Hall–Kier alpha value is -1.55. The maximum Gasteiger partial charge on any atom is 0.241 e. The van der Waals surface area contributed by atoms with Crippen molar-refractivity contribution in [2.75, 3.05) is 0 Å². The minimum atomic E-state index is -0.846. The fourth-order valence-electron chi connectivity index (χ4n) is 0.860. The molecule has 0 radical (unpaired) electrons. The van der Waals surface area contributed by atoms with Crippen molar-refractivity contribution in [2.24, 2.45) is 5.73 Å². The first-order chi connectivity index (χ1) is 6.50. The predicted molar refractivity (Wildman–Crippen MR) is 51.3 cm³/mol. The molecular formula is C9H7ClFNO2. The summed E-state index contributed by atoms with van der Waals surface area (Å²) >= 11 is 5.49. The number of benzene rings is 1. The molecule has 3 N–H and O–H groups in total. The lowest BCUT2D eigenvalue weighted by Gasteiger charge is -1.99. The molecule has 0 aromatic heterocycles. The molecule has 0 aliphatic rings. The second-order valence-electron chi connectivity index (χ2n) is 2.57. The maximum atomic E-state index is 12.9. The molecule has 1 amide bonds. The Kier molecular flexibility index (Phi) is 3.09. The van der Waals surface area contributed by atoms with E-state index in [1.54, 1.807) is 0 Å². The third-order valence-corrected chi connectivity index (χ3v) is 1.77. The van der Waals surface area contributed by atoms with Crippen LogP contribution >= 0.6 is 11.6 Å². The lowest BCUT2D eigenvalue weighted by molar-refractivity contribution is -0.113. The van der Waals surface area contributed by atoms with Crippen LogP contribution in [0.4, 0.5) is 4.39 Å². The highest BCUT2D eigenvalue weighted by Gasteiger charge is 2.06. The van der Waals surface area contributed by atoms with Gasteiger partial charge in [-0.05, 0) is 23.8 Å². The molecule has 0 aliphatic carbocycles. The van der Waals surface area contributed by atoms with E-state index < -0.39 is 17.5 Å². The van der Waals surface area contributed by atoms with Gasteiger partial charge in [0.1, 0.15) is 0 Å². The molecule has 0 atom stereocenters. The van der Waals surface area contributed by atoms with Gasteiger partial charge in [0.05, 0.1) is 5.02 Å². The highest BCUT2D eigenvalue weighted by Crippen LogP contribution is 2.27. The fourth-order valence-corrected chi connectivity index (χ4v) is 1.08. The molecule has 5 heteroatoms. The summed E-state index contributed by atoms with van der Waals surface area (Å²) in [6.45, 7) is 0. The molecule has 14 heavy (non-hydrogen) atoms. The second kappa shape index (κ2) is 4.11. The van der Waals surface area contributed by atoms with Crippen LogP contribution in [0.15, 0.2) is 18.2 Å². The van der Waals surface area contributed by atoms with Gasteiger partial charge in [0.25, 0.3) is 0 Å². The van der Waals surface area contributed by atoms with Crippen LogP contribution in [0.3, 0.4) is 0 Å². The Labute approximate surface area is 84.6 Å². The zero-order valence-electron chi connectivity index (χ0n) is 7.00. The number of phenols is 1. The molecule has 1 rings (SSSR count). The van der Waals surface area contributed by atoms with Crippen molar-refractivity contribution in [3.63, 3.8) is 0 Å². The number of amides is 1. The molecule has 1 aromatic rings. The molecule has 0 saturated heterocycles. The Bertz CT molecular complexity index is 381. The van der Waals surface area contributed by atoms with E-state index in [0.29, 0.717) is 5.56 Å². The summed E-state index contributed by atoms with van der Waals surface area (Å²) < 4.78 is 12.9. The smallest absolute Gasteiger partial charge is 0.241 e. The van der Waals surface area contributed by atoms with Crippen molar-refractivity contribution >= 4 is 23.6 Å². The molecule has 0 heterocycles. The zero-order chi connectivity index (χ0) is 10.7. The Balaban J connectivity index is 3.07. The third-order valence-electron chi connectivity index (χ3n) is 1.48. The van der Waals surface area contributed by atoms with Gasteiger partial charge < -0.3 is 10.8 Å². The molecule has 0 fully saturated rings. The van der Waals surface area contributed by atoms with Gasteiger partial charge in [-0.2, -0.15) is 0 Å². The Morgan fingerprint density at radius 1 is 1.57 bits per heavy atom. The van der Waals surface area contributed by atoms with Crippen LogP contribution in [0.5, 0.6) is 5.75 Å². The van der Waals surface area contributed by atoms with Crippen LogP contribution < -0.4 is 5.73 Å². The highest BCUT2D eigenvalue weighted by molar-refractivity contribution is 6.32. The summed E-state index contributed by atoms with van der Waals surface area (Å²) in [4.78, 5) is 10.4. The van der Waals surface area contributed by atoms with Crippen molar-refractivity contribution in [2.45, 2.75) is 0 Å². The summed E-state index contributed by atoms with van der Waals surface area (Å²) in [6.07, 6.45) is 2.37. The van der Waals surface area contributed by atoms with Crippen LogP contribution in [0.2, 0.25) is 5.02 Å². The number of carbonyl (C=O) groups is 1. The normalized spacial score (nSPS) is 10.7. The van der Waals surface area contributed by atoms with Gasteiger partial charge in [-0.25, -0.2) is 4.39 Å². The van der Waals surface area contributed by atoms with Crippen molar-refractivity contribution in [1.82, 2.24) is 0 Å². The first-order valence-corrected chi connectivity index (χ1v) is 4.04. The van der Waals surface area contributed by atoms with E-state index in [9.17, 15) is 9.18 Å². The van der Waals surface area contributed by atoms with Gasteiger partial charge >= 0.3 is 0 Å². The van der Waals surface area contributed by atoms with Crippen LogP contribution in [-0.4, -0.2) is 11.0 Å². The quantitative estimate of drug-likeness (QED) is 0.738. The number of rotatable bonds is 2. The zero-order valence-corrected chi connectivity index (χ0v) is 7.75. The Morgan fingerprint density at radius 2 is 2.21 bits per heavy atom. The molecule has 0 spiro atoms. The first kappa shape index (κ1) is 10.5. The maximum absolute atomic E-state index is 12.9. The molecule has 0 aliphatic heterocycles. The largest absolute Gasteiger partial charge is 0.504 e. The summed E-state index contributed by atoms with van der Waals surface area (Å²) in [5.74, 6) is -2.10. The lowest BCUT2D eigenvalue weighted by Crippen LogP contribution is -2.05. The minimum Gasteiger partial charge on any atom is -0.504 e. The number of hydrogen-bond donors (Lipinski definition) is 2. The number of phenolic OH excluding ortho intramolecular Hbond substituents is 1. The van der Waals surface area contributed by atoms with Gasteiger partial charge in [0, 0.05) is 6.08 Å². The average Bonchev–Trinajstić information content (AvgIpc) is 2.10. The SMILES string of the molecule is NC(=O)/C=C/c1cc(F)c(O)c(Cl)c1. The molecule has 74 valence electrons. The van der Waals surface area contributed by atoms with E-state index in [0.717, 1.165) is 12.1 Å². The fraction of sp³-hybridized carbons (Fsp3) is 0. The number of primary amides is 1. The van der Waals surface area contributed by atoms with Gasteiger partial charge in [0.15, 0.2) is 11.6 Å². The van der Waals surface area contributed by atoms with Gasteiger partial charge in [-0.1, -0.05) is 11.6 Å². The summed E-state index contributed by atoms with van der Waals surface area (Å²) in [5.41, 5.74) is 5.20. The van der Waals surface area contributed by atoms with E-state index in [1.165, 1.54) is 12.1 Å². The van der Waals surface area contributed by atoms with Gasteiger partial charge in [-0.15, -0.1) is 0 Å². The summed E-state index contributed by atoms with van der Waals surface area (Å²) in [6, 6.07) is 2.36. The van der Waals surface area contributed by atoms with E-state index in [1.807, 2.05) is 0 Å². The van der Waals surface area contributed by atoms with Crippen molar-refractivity contribution in [3.05, 3.63) is 34.6 Å². The van der Waals surface area contributed by atoms with Gasteiger partial charge in [-0.3, -0.25) is 4.79 Å². The van der Waals surface area contributed by atoms with E-state index in [2.05, 4.69) is 0 Å². The standard InChI is InChI=1S/C9H7ClFNO2/c10-6-3-5(1-2-8(12)13)4-7(11)9(6)14/h1-4,14H,(H2,12,13)/b2-1+. The predicted octanol–water partition coefficient (Wildman–Crippen LogP) is 1.68. The highest BCUT2D eigenvalue weighted by atomic mass is 35.5. The van der Waals surface area contributed by atoms with Crippen LogP contribution in [0.25, 0.3) is 6.08 Å². The number of nitrogens with two attached hydrogens (primary N) is 1. The topological polar surface area (TPSA) is 63.3 Å². The first-order valence-electron chi connectivity index (χ1n) is 3.66. The monoisotopic (exact) mass is 215 g/mol. The Morgan fingerprint density at radius 3 is 2.71 bits per heavy atom. The van der Waals surface area contributed by atoms with E-state index >= 15 is 0 Å². The van der Waals surface area contributed by atoms with E-state index in [-0.39, 0.29) is 5.02 Å². The average molecular weight is 216 g/mol. The van der Waals surface area contributed by atoms with Crippen LogP contribution in [-0.2, 0) is 4.79 Å². The molecule has 3 nitrogen and oxygen atoms in total. The summed E-state index contributed by atoms with van der Waals surface area (Å²) in [7, 11) is 0. The lowest BCUT2D eigenvalue weighted by atomic mass is 10.2. The van der Waals surface area contributed by atoms with E-state index in [4.69, 9.17) is 22.4 Å². The van der Waals surface area contributed by atoms with Crippen molar-refractivity contribution < 1.29 is 14.3 Å². The molecular weight excluding hydrogens is 209 g/mol. The summed E-state index contributed by atoms with van der Waals surface area (Å²) in [5, 5.41) is 8.87. The van der Waals surface area contributed by atoms with Crippen molar-refractivity contribution in [1.29, 1.82) is 0 Å². The number of halogens is 2. The van der Waals surface area contributed by atoms with Gasteiger partial charge in [0.2, 0.25) is 5.91 Å². The molecule has 1 aromatic carbocycles. The number of hydrogen-bond acceptors (Lipinski definition) is 2. The van der Waals surface area contributed by atoms with Crippen molar-refractivity contribution in [3.8, 4) is 5.75 Å².